The van der Waals surface area contributed by atoms with Crippen LogP contribution in [0.15, 0.2) is 36.7 Å². The van der Waals surface area contributed by atoms with Crippen LogP contribution in [-0.4, -0.2) is 56.0 Å². The summed E-state index contributed by atoms with van der Waals surface area (Å²) >= 11 is 0. The van der Waals surface area contributed by atoms with Gasteiger partial charge in [-0.3, -0.25) is 0 Å². The highest BCUT2D eigenvalue weighted by atomic mass is 16.5. The van der Waals surface area contributed by atoms with Gasteiger partial charge in [0.2, 0.25) is 0 Å². The maximum absolute atomic E-state index is 5.82. The second-order valence-corrected chi connectivity index (χ2v) is 6.03. The molecule has 1 fully saturated rings. The average Bonchev–Trinajstić information content (AvgIpc) is 2.72. The van der Waals surface area contributed by atoms with Gasteiger partial charge < -0.3 is 24.4 Å². The maximum atomic E-state index is 5.82. The van der Waals surface area contributed by atoms with Gasteiger partial charge >= 0.3 is 0 Å². The number of nitrogens with zero attached hydrogens (tertiary/aromatic N) is 3. The summed E-state index contributed by atoms with van der Waals surface area (Å²) in [7, 11) is 0. The smallest absolute Gasteiger partial charge is 0.257 e. The zero-order valence-corrected chi connectivity index (χ0v) is 14.6. The van der Waals surface area contributed by atoms with E-state index in [2.05, 4.69) is 26.3 Å². The lowest BCUT2D eigenvalue weighted by Crippen LogP contribution is -2.44. The van der Waals surface area contributed by atoms with Crippen LogP contribution in [0.5, 0.6) is 17.4 Å². The molecule has 3 heterocycles. The highest BCUT2D eigenvalue weighted by Gasteiger charge is 2.17. The van der Waals surface area contributed by atoms with Crippen molar-refractivity contribution >= 4 is 11.9 Å². The molecular weight excluding hydrogens is 332 g/mol. The van der Waals surface area contributed by atoms with Gasteiger partial charge in [0.15, 0.2) is 5.82 Å². The normalized spacial score (nSPS) is 15.9. The van der Waals surface area contributed by atoms with E-state index in [9.17, 15) is 0 Å². The van der Waals surface area contributed by atoms with Gasteiger partial charge in [0.1, 0.15) is 31.3 Å². The van der Waals surface area contributed by atoms with Crippen LogP contribution in [0, 0.1) is 0 Å². The van der Waals surface area contributed by atoms with Crippen LogP contribution >= 0.6 is 0 Å². The molecule has 26 heavy (non-hydrogen) atoms. The molecule has 7 nitrogen and oxygen atoms in total. The van der Waals surface area contributed by atoms with Gasteiger partial charge in [0.05, 0.1) is 0 Å². The van der Waals surface area contributed by atoms with E-state index in [1.54, 1.807) is 12.4 Å². The van der Waals surface area contributed by atoms with Gasteiger partial charge in [-0.15, -0.1) is 0 Å². The first-order valence-corrected chi connectivity index (χ1v) is 8.86. The molecule has 7 heteroatoms. The second kappa shape index (κ2) is 8.05. The molecular formula is C19H22N4O3. The molecule has 1 N–H and O–H groups in total. The Morgan fingerprint density at radius 1 is 1.08 bits per heavy atom. The van der Waals surface area contributed by atoms with Crippen molar-refractivity contribution in [2.24, 2.45) is 0 Å². The number of aromatic nitrogens is 2. The molecule has 1 aromatic heterocycles. The summed E-state index contributed by atoms with van der Waals surface area (Å²) in [4.78, 5) is 10.9. The fourth-order valence-corrected chi connectivity index (χ4v) is 2.99. The Morgan fingerprint density at radius 3 is 2.85 bits per heavy atom. The first kappa shape index (κ1) is 16.7. The van der Waals surface area contributed by atoms with Crippen molar-refractivity contribution in [3.63, 3.8) is 0 Å². The standard InChI is InChI=1S/C19H22N4O3/c1-2-15-3-4-16(14-17(15)25-11-1)24-12-13-26-19-18(21-5-6-22-19)23-9-7-20-8-10-23/h1-6,14,20H,7-13H2. The van der Waals surface area contributed by atoms with Gasteiger partial charge in [-0.1, -0.05) is 6.08 Å². The molecule has 0 saturated carbocycles. The third-order valence-electron chi connectivity index (χ3n) is 4.27. The molecule has 0 bridgehead atoms. The number of hydrogen-bond acceptors (Lipinski definition) is 7. The Balaban J connectivity index is 1.32. The van der Waals surface area contributed by atoms with Crippen LogP contribution in [0.25, 0.3) is 6.08 Å². The monoisotopic (exact) mass is 354 g/mol. The largest absolute Gasteiger partial charge is 0.490 e. The predicted octanol–water partition coefficient (Wildman–Crippen LogP) is 1.75. The quantitative estimate of drug-likeness (QED) is 0.793. The lowest BCUT2D eigenvalue weighted by atomic mass is 10.1. The summed E-state index contributed by atoms with van der Waals surface area (Å²) in [6.45, 7) is 5.09. The van der Waals surface area contributed by atoms with Crippen molar-refractivity contribution in [3.05, 3.63) is 42.2 Å². The number of anilines is 1. The Bertz CT molecular complexity index is 775. The van der Waals surface area contributed by atoms with E-state index in [0.717, 1.165) is 49.1 Å². The average molecular weight is 354 g/mol. The first-order valence-electron chi connectivity index (χ1n) is 8.86. The van der Waals surface area contributed by atoms with Gasteiger partial charge in [-0.2, -0.15) is 0 Å². The van der Waals surface area contributed by atoms with Crippen molar-refractivity contribution < 1.29 is 14.2 Å². The molecule has 0 unspecified atom stereocenters. The number of benzene rings is 1. The third kappa shape index (κ3) is 3.88. The summed E-state index contributed by atoms with van der Waals surface area (Å²) in [6.07, 6.45) is 7.39. The van der Waals surface area contributed by atoms with Crippen molar-refractivity contribution in [3.8, 4) is 17.4 Å². The lowest BCUT2D eigenvalue weighted by molar-refractivity contribution is 0.211. The third-order valence-corrected chi connectivity index (χ3v) is 4.27. The highest BCUT2D eigenvalue weighted by molar-refractivity contribution is 5.61. The molecule has 0 atom stereocenters. The fourth-order valence-electron chi connectivity index (χ4n) is 2.99. The number of hydrogen-bond donors (Lipinski definition) is 1. The Kier molecular flexibility index (Phi) is 5.16. The number of fused-ring (bicyclic) bond motifs is 1. The van der Waals surface area contributed by atoms with E-state index >= 15 is 0 Å². The summed E-state index contributed by atoms with van der Waals surface area (Å²) in [6, 6.07) is 5.84. The van der Waals surface area contributed by atoms with Gasteiger partial charge in [-0.25, -0.2) is 9.97 Å². The van der Waals surface area contributed by atoms with Crippen molar-refractivity contribution in [1.29, 1.82) is 0 Å². The number of piperazine rings is 1. The zero-order valence-electron chi connectivity index (χ0n) is 14.6. The van der Waals surface area contributed by atoms with Crippen LogP contribution in [0.2, 0.25) is 0 Å². The van der Waals surface area contributed by atoms with Crippen LogP contribution in [-0.2, 0) is 0 Å². The molecule has 1 aromatic carbocycles. The minimum atomic E-state index is 0.398. The van der Waals surface area contributed by atoms with Crippen LogP contribution in [0.1, 0.15) is 5.56 Å². The number of ether oxygens (including phenoxy) is 3. The van der Waals surface area contributed by atoms with Crippen LogP contribution in [0.4, 0.5) is 5.82 Å². The molecule has 2 aromatic rings. The van der Waals surface area contributed by atoms with Crippen LogP contribution < -0.4 is 24.4 Å². The second-order valence-electron chi connectivity index (χ2n) is 6.03. The predicted molar refractivity (Wildman–Crippen MR) is 99.1 cm³/mol. The zero-order chi connectivity index (χ0) is 17.6. The molecule has 0 amide bonds. The fraction of sp³-hybridized carbons (Fsp3) is 0.368. The lowest BCUT2D eigenvalue weighted by Gasteiger charge is -2.28. The molecule has 1 saturated heterocycles. The van der Waals surface area contributed by atoms with Crippen molar-refractivity contribution in [2.45, 2.75) is 0 Å². The van der Waals surface area contributed by atoms with E-state index in [4.69, 9.17) is 14.2 Å². The van der Waals surface area contributed by atoms with E-state index in [1.807, 2.05) is 24.3 Å². The van der Waals surface area contributed by atoms with Gasteiger partial charge in [0.25, 0.3) is 5.88 Å². The van der Waals surface area contributed by atoms with Crippen molar-refractivity contribution in [2.75, 3.05) is 50.9 Å². The van der Waals surface area contributed by atoms with E-state index in [0.29, 0.717) is 25.7 Å². The maximum Gasteiger partial charge on any atom is 0.257 e. The molecule has 4 rings (SSSR count). The number of nitrogens with one attached hydrogen (secondary N) is 1. The molecule has 0 spiro atoms. The molecule has 2 aliphatic rings. The molecule has 136 valence electrons. The number of rotatable bonds is 6. The van der Waals surface area contributed by atoms with E-state index in [-0.39, 0.29) is 0 Å². The first-order chi connectivity index (χ1) is 12.9. The highest BCUT2D eigenvalue weighted by Crippen LogP contribution is 2.28. The van der Waals surface area contributed by atoms with Crippen molar-refractivity contribution in [1.82, 2.24) is 15.3 Å². The minimum absolute atomic E-state index is 0.398. The molecule has 0 aliphatic carbocycles. The summed E-state index contributed by atoms with van der Waals surface area (Å²) in [5.41, 5.74) is 1.07. The summed E-state index contributed by atoms with van der Waals surface area (Å²) in [5.74, 6) is 2.96. The van der Waals surface area contributed by atoms with Gasteiger partial charge in [-0.05, 0) is 18.2 Å². The van der Waals surface area contributed by atoms with Gasteiger partial charge in [0, 0.05) is 50.2 Å². The molecule has 2 aliphatic heterocycles. The Labute approximate surface area is 152 Å². The van der Waals surface area contributed by atoms with Crippen LogP contribution in [0.3, 0.4) is 0 Å². The minimum Gasteiger partial charge on any atom is -0.490 e. The van der Waals surface area contributed by atoms with E-state index in [1.165, 1.54) is 0 Å². The Morgan fingerprint density at radius 2 is 1.92 bits per heavy atom. The summed E-state index contributed by atoms with van der Waals surface area (Å²) < 4.78 is 17.2. The summed E-state index contributed by atoms with van der Waals surface area (Å²) in [5, 5.41) is 3.33. The Hall–Kier alpha value is -2.80. The molecule has 0 radical (unpaired) electrons. The topological polar surface area (TPSA) is 68.7 Å². The SMILES string of the molecule is C1=Cc2ccc(OCCOc3nccnc3N3CCNCC3)cc2OC1. The van der Waals surface area contributed by atoms with E-state index < -0.39 is 0 Å².